The van der Waals surface area contributed by atoms with Crippen LogP contribution in [0.5, 0.6) is 0 Å². The van der Waals surface area contributed by atoms with Gasteiger partial charge in [-0.05, 0) is 43.4 Å². The van der Waals surface area contributed by atoms with Crippen molar-refractivity contribution in [3.8, 4) is 0 Å². The molecule has 36 heavy (non-hydrogen) atoms. The summed E-state index contributed by atoms with van der Waals surface area (Å²) < 4.78 is 4.57. The fourth-order valence-corrected chi connectivity index (χ4v) is 5.87. The molecule has 0 saturated heterocycles. The van der Waals surface area contributed by atoms with Gasteiger partial charge in [-0.25, -0.2) is 14.3 Å². The molecule has 0 N–H and O–H groups in total. The number of para-hydroxylation sites is 1. The number of imidazole rings is 1. The van der Waals surface area contributed by atoms with Crippen LogP contribution in [0, 0.1) is 0 Å². The highest BCUT2D eigenvalue weighted by Crippen LogP contribution is 2.32. The fraction of sp³-hybridized carbons (Fsp3) is 0.357. The van der Waals surface area contributed by atoms with E-state index in [1.807, 2.05) is 66.1 Å². The van der Waals surface area contributed by atoms with Gasteiger partial charge in [-0.3, -0.25) is 14.2 Å². The number of benzene rings is 2. The number of hydrogen-bond acceptors (Lipinski definition) is 4. The third-order valence-corrected chi connectivity index (χ3v) is 7.61. The normalized spacial score (nSPS) is 17.7. The highest BCUT2D eigenvalue weighted by Gasteiger charge is 2.32. The molecule has 0 radical (unpaired) electrons. The summed E-state index contributed by atoms with van der Waals surface area (Å²) in [6.07, 6.45) is 6.60. The number of amides is 1. The molecule has 1 aliphatic heterocycles. The molecule has 1 fully saturated rings. The standard InChI is InChI=1S/C28H29N5O3/c1-19-15-21-11-5-8-14-23(21)33(19)24(34)17-31-27(35)25-26(29-18-32(25)22-12-6-7-13-22)30(28(31)36)16-20-9-3-2-4-10-20/h2-5,8-11,14,18-19,22H,6-7,12-13,15-17H2,1H3. The van der Waals surface area contributed by atoms with Crippen LogP contribution in [-0.4, -0.2) is 30.6 Å². The van der Waals surface area contributed by atoms with Gasteiger partial charge in [-0.1, -0.05) is 61.4 Å². The number of aromatic nitrogens is 4. The highest BCUT2D eigenvalue weighted by molar-refractivity contribution is 5.96. The van der Waals surface area contributed by atoms with E-state index in [1.54, 1.807) is 11.2 Å². The first-order valence-electron chi connectivity index (χ1n) is 12.7. The zero-order chi connectivity index (χ0) is 24.8. The maximum Gasteiger partial charge on any atom is 0.333 e. The second kappa shape index (κ2) is 8.93. The van der Waals surface area contributed by atoms with Crippen LogP contribution < -0.4 is 16.1 Å². The van der Waals surface area contributed by atoms with Crippen molar-refractivity contribution in [3.63, 3.8) is 0 Å². The van der Waals surface area contributed by atoms with Crippen molar-refractivity contribution in [3.05, 3.63) is 92.9 Å². The average Bonchev–Trinajstić information content (AvgIpc) is 3.63. The number of carbonyl (C=O) groups excluding carboxylic acids is 1. The Morgan fingerprint density at radius 2 is 1.69 bits per heavy atom. The third-order valence-electron chi connectivity index (χ3n) is 7.61. The van der Waals surface area contributed by atoms with Crippen molar-refractivity contribution in [2.24, 2.45) is 0 Å². The van der Waals surface area contributed by atoms with E-state index in [4.69, 9.17) is 0 Å². The largest absolute Gasteiger partial charge is 0.333 e. The van der Waals surface area contributed by atoms with Gasteiger partial charge < -0.3 is 9.47 Å². The topological polar surface area (TPSA) is 82.1 Å². The molecule has 1 aliphatic carbocycles. The molecule has 8 nitrogen and oxygen atoms in total. The maximum atomic E-state index is 13.8. The average molecular weight is 484 g/mol. The Hall–Kier alpha value is -3.94. The highest BCUT2D eigenvalue weighted by atomic mass is 16.2. The molecule has 1 unspecified atom stereocenters. The van der Waals surface area contributed by atoms with E-state index >= 15 is 0 Å². The van der Waals surface area contributed by atoms with Gasteiger partial charge in [-0.2, -0.15) is 0 Å². The van der Waals surface area contributed by atoms with Crippen molar-refractivity contribution >= 4 is 22.8 Å². The van der Waals surface area contributed by atoms with E-state index in [9.17, 15) is 14.4 Å². The minimum absolute atomic E-state index is 0.0371. The van der Waals surface area contributed by atoms with Crippen LogP contribution in [0.4, 0.5) is 5.69 Å². The van der Waals surface area contributed by atoms with Crippen LogP contribution in [0.15, 0.2) is 70.5 Å². The van der Waals surface area contributed by atoms with Gasteiger partial charge in [0.2, 0.25) is 5.91 Å². The maximum absolute atomic E-state index is 13.8. The summed E-state index contributed by atoms with van der Waals surface area (Å²) >= 11 is 0. The number of anilines is 1. The molecule has 6 rings (SSSR count). The van der Waals surface area contributed by atoms with Crippen LogP contribution in [0.25, 0.3) is 11.2 Å². The van der Waals surface area contributed by atoms with Gasteiger partial charge in [0, 0.05) is 17.8 Å². The minimum Gasteiger partial charge on any atom is -0.322 e. The summed E-state index contributed by atoms with van der Waals surface area (Å²) in [6.45, 7) is 1.96. The van der Waals surface area contributed by atoms with Crippen LogP contribution in [0.3, 0.4) is 0 Å². The Morgan fingerprint density at radius 3 is 2.47 bits per heavy atom. The molecule has 1 saturated carbocycles. The number of rotatable bonds is 5. The van der Waals surface area contributed by atoms with Crippen molar-refractivity contribution in [2.75, 3.05) is 4.90 Å². The molecule has 2 aromatic heterocycles. The second-order valence-corrected chi connectivity index (χ2v) is 9.95. The number of hydrogen-bond donors (Lipinski definition) is 0. The lowest BCUT2D eigenvalue weighted by Crippen LogP contribution is -2.46. The lowest BCUT2D eigenvalue weighted by atomic mass is 10.1. The first kappa shape index (κ1) is 22.5. The van der Waals surface area contributed by atoms with E-state index in [-0.39, 0.29) is 31.1 Å². The summed E-state index contributed by atoms with van der Waals surface area (Å²) in [5.41, 5.74) is 2.70. The predicted molar refractivity (Wildman–Crippen MR) is 138 cm³/mol. The molecule has 0 bridgehead atoms. The minimum atomic E-state index is -0.512. The van der Waals surface area contributed by atoms with Crippen LogP contribution in [-0.2, 0) is 24.3 Å². The molecule has 3 heterocycles. The second-order valence-electron chi connectivity index (χ2n) is 9.95. The quantitative estimate of drug-likeness (QED) is 0.435. The summed E-state index contributed by atoms with van der Waals surface area (Å²) in [4.78, 5) is 47.3. The van der Waals surface area contributed by atoms with Gasteiger partial charge >= 0.3 is 5.69 Å². The lowest BCUT2D eigenvalue weighted by molar-refractivity contribution is -0.119. The predicted octanol–water partition coefficient (Wildman–Crippen LogP) is 3.50. The zero-order valence-corrected chi connectivity index (χ0v) is 20.3. The molecule has 1 atom stereocenters. The summed E-state index contributed by atoms with van der Waals surface area (Å²) in [5.74, 6) is -0.260. The molecule has 184 valence electrons. The van der Waals surface area contributed by atoms with Gasteiger partial charge in [0.15, 0.2) is 11.2 Å². The summed E-state index contributed by atoms with van der Waals surface area (Å²) in [5, 5.41) is 0. The molecule has 2 aliphatic rings. The molecule has 2 aromatic carbocycles. The Morgan fingerprint density at radius 1 is 0.972 bits per heavy atom. The van der Waals surface area contributed by atoms with E-state index in [0.29, 0.717) is 11.2 Å². The molecule has 1 amide bonds. The van der Waals surface area contributed by atoms with Gasteiger partial charge in [0.1, 0.15) is 6.54 Å². The van der Waals surface area contributed by atoms with Gasteiger partial charge in [0.25, 0.3) is 5.56 Å². The first-order valence-corrected chi connectivity index (χ1v) is 12.7. The summed E-state index contributed by atoms with van der Waals surface area (Å²) in [7, 11) is 0. The third kappa shape index (κ3) is 3.68. The number of nitrogens with zero attached hydrogens (tertiary/aromatic N) is 5. The Labute approximate surface area is 208 Å². The van der Waals surface area contributed by atoms with E-state index in [0.717, 1.165) is 53.5 Å². The lowest BCUT2D eigenvalue weighted by Gasteiger charge is -2.23. The Kier molecular flexibility index (Phi) is 5.59. The van der Waals surface area contributed by atoms with E-state index in [1.165, 1.54) is 4.57 Å². The smallest absolute Gasteiger partial charge is 0.322 e. The Bertz CT molecular complexity index is 1560. The number of carbonyl (C=O) groups is 1. The van der Waals surface area contributed by atoms with Crippen molar-refractivity contribution in [1.82, 2.24) is 18.7 Å². The molecule has 8 heteroatoms. The van der Waals surface area contributed by atoms with E-state index < -0.39 is 11.2 Å². The van der Waals surface area contributed by atoms with Crippen LogP contribution >= 0.6 is 0 Å². The molecular weight excluding hydrogens is 454 g/mol. The molecular formula is C28H29N5O3. The van der Waals surface area contributed by atoms with Crippen LogP contribution in [0.1, 0.15) is 49.8 Å². The molecule has 4 aromatic rings. The van der Waals surface area contributed by atoms with Crippen molar-refractivity contribution in [2.45, 2.75) is 64.2 Å². The monoisotopic (exact) mass is 483 g/mol. The first-order chi connectivity index (χ1) is 17.5. The van der Waals surface area contributed by atoms with Gasteiger partial charge in [-0.15, -0.1) is 0 Å². The van der Waals surface area contributed by atoms with Crippen molar-refractivity contribution in [1.29, 1.82) is 0 Å². The van der Waals surface area contributed by atoms with E-state index in [2.05, 4.69) is 4.98 Å². The van der Waals surface area contributed by atoms with Gasteiger partial charge in [0.05, 0.1) is 12.9 Å². The SMILES string of the molecule is CC1Cc2ccccc2N1C(=O)Cn1c(=O)c2c(ncn2C2CCCC2)n(Cc2ccccc2)c1=O. The zero-order valence-electron chi connectivity index (χ0n) is 20.3. The Balaban J connectivity index is 1.48. The van der Waals surface area contributed by atoms with Crippen LogP contribution in [0.2, 0.25) is 0 Å². The number of fused-ring (bicyclic) bond motifs is 2. The molecule has 0 spiro atoms. The summed E-state index contributed by atoms with van der Waals surface area (Å²) in [6, 6.07) is 17.6. The fourth-order valence-electron chi connectivity index (χ4n) is 5.87. The van der Waals surface area contributed by atoms with Crippen molar-refractivity contribution < 1.29 is 4.79 Å².